The molecule has 2 rings (SSSR count). The molecule has 0 aliphatic rings. The monoisotopic (exact) mass is 208 g/mol. The van der Waals surface area contributed by atoms with Crippen molar-refractivity contribution in [3.8, 4) is 0 Å². The van der Waals surface area contributed by atoms with E-state index in [0.717, 1.165) is 17.8 Å². The van der Waals surface area contributed by atoms with E-state index in [9.17, 15) is 0 Å². The van der Waals surface area contributed by atoms with Crippen LogP contribution in [-0.2, 0) is 13.5 Å². The van der Waals surface area contributed by atoms with Crippen molar-refractivity contribution in [2.45, 2.75) is 13.3 Å². The van der Waals surface area contributed by atoms with Crippen molar-refractivity contribution in [1.82, 2.24) is 9.55 Å². The largest absolute Gasteiger partial charge is 0.331 e. The van der Waals surface area contributed by atoms with Crippen molar-refractivity contribution in [2.24, 2.45) is 7.05 Å². The highest BCUT2D eigenvalue weighted by Gasteiger charge is 2.04. The first-order valence-electron chi connectivity index (χ1n) is 4.70. The van der Waals surface area contributed by atoms with Crippen LogP contribution in [0.15, 0.2) is 18.2 Å². The van der Waals surface area contributed by atoms with Crippen LogP contribution in [-0.4, -0.2) is 15.4 Å². The van der Waals surface area contributed by atoms with E-state index in [1.54, 1.807) is 0 Å². The van der Waals surface area contributed by atoms with Gasteiger partial charge in [-0.05, 0) is 31.0 Å². The Kier molecular flexibility index (Phi) is 2.46. The van der Waals surface area contributed by atoms with Crippen LogP contribution >= 0.6 is 11.6 Å². The van der Waals surface area contributed by atoms with E-state index in [1.807, 2.05) is 14.0 Å². The van der Waals surface area contributed by atoms with Crippen molar-refractivity contribution >= 4 is 22.6 Å². The number of nitrogens with zero attached hydrogens (tertiary/aromatic N) is 2. The number of fused-ring (bicyclic) bond motifs is 1. The van der Waals surface area contributed by atoms with Crippen LogP contribution in [0.2, 0.25) is 0 Å². The van der Waals surface area contributed by atoms with Crippen LogP contribution < -0.4 is 0 Å². The molecule has 0 amide bonds. The number of alkyl halides is 1. The summed E-state index contributed by atoms with van der Waals surface area (Å²) in [5.41, 5.74) is 3.52. The van der Waals surface area contributed by atoms with Crippen LogP contribution in [0.25, 0.3) is 11.0 Å². The van der Waals surface area contributed by atoms with Gasteiger partial charge in [0, 0.05) is 12.9 Å². The average Bonchev–Trinajstić information content (AvgIpc) is 2.45. The lowest BCUT2D eigenvalue weighted by Crippen LogP contribution is -1.91. The molecule has 0 unspecified atom stereocenters. The van der Waals surface area contributed by atoms with Gasteiger partial charge in [0.15, 0.2) is 0 Å². The standard InChI is InChI=1S/C11H13ClN2/c1-8-13-10-4-3-9(5-6-12)7-11(10)14(8)2/h3-4,7H,5-6H2,1-2H3. The summed E-state index contributed by atoms with van der Waals surface area (Å²) in [6.45, 7) is 2.02. The number of rotatable bonds is 2. The Morgan fingerprint density at radius 2 is 2.21 bits per heavy atom. The fourth-order valence-corrected chi connectivity index (χ4v) is 1.84. The van der Waals surface area contributed by atoms with E-state index < -0.39 is 0 Å². The number of hydrogen-bond donors (Lipinski definition) is 0. The minimum absolute atomic E-state index is 0.669. The van der Waals surface area contributed by atoms with Gasteiger partial charge >= 0.3 is 0 Å². The van der Waals surface area contributed by atoms with E-state index in [-0.39, 0.29) is 0 Å². The lowest BCUT2D eigenvalue weighted by atomic mass is 10.1. The predicted molar refractivity (Wildman–Crippen MR) is 59.9 cm³/mol. The molecule has 3 heteroatoms. The molecule has 0 bridgehead atoms. The number of aryl methyl sites for hydroxylation is 3. The van der Waals surface area contributed by atoms with E-state index >= 15 is 0 Å². The summed E-state index contributed by atoms with van der Waals surface area (Å²) in [7, 11) is 2.04. The van der Waals surface area contributed by atoms with Crippen LogP contribution in [0.5, 0.6) is 0 Å². The number of hydrogen-bond acceptors (Lipinski definition) is 1. The van der Waals surface area contributed by atoms with Crippen molar-refractivity contribution in [3.05, 3.63) is 29.6 Å². The molecule has 1 aromatic carbocycles. The van der Waals surface area contributed by atoms with Crippen molar-refractivity contribution in [3.63, 3.8) is 0 Å². The zero-order valence-corrected chi connectivity index (χ0v) is 9.17. The SMILES string of the molecule is Cc1nc2ccc(CCCl)cc2n1C. The smallest absolute Gasteiger partial charge is 0.106 e. The van der Waals surface area contributed by atoms with Crippen molar-refractivity contribution in [2.75, 3.05) is 5.88 Å². The van der Waals surface area contributed by atoms with Crippen LogP contribution in [0.4, 0.5) is 0 Å². The van der Waals surface area contributed by atoms with E-state index in [4.69, 9.17) is 11.6 Å². The summed E-state index contributed by atoms with van der Waals surface area (Å²) in [4.78, 5) is 4.44. The molecule has 0 saturated heterocycles. The summed E-state index contributed by atoms with van der Waals surface area (Å²) >= 11 is 5.71. The average molecular weight is 209 g/mol. The molecule has 0 aliphatic heterocycles. The molecule has 74 valence electrons. The quantitative estimate of drug-likeness (QED) is 0.694. The maximum atomic E-state index is 5.71. The number of aromatic nitrogens is 2. The van der Waals surface area contributed by atoms with Crippen molar-refractivity contribution < 1.29 is 0 Å². The molecule has 1 aromatic heterocycles. The number of halogens is 1. The lowest BCUT2D eigenvalue weighted by molar-refractivity contribution is 0.885. The summed E-state index contributed by atoms with van der Waals surface area (Å²) in [5, 5.41) is 0. The summed E-state index contributed by atoms with van der Waals surface area (Å²) in [6.07, 6.45) is 0.918. The topological polar surface area (TPSA) is 17.8 Å². The third kappa shape index (κ3) is 1.50. The molecule has 0 saturated carbocycles. The minimum Gasteiger partial charge on any atom is -0.331 e. The zero-order valence-electron chi connectivity index (χ0n) is 8.42. The first-order valence-corrected chi connectivity index (χ1v) is 5.24. The van der Waals surface area contributed by atoms with Gasteiger partial charge in [-0.15, -0.1) is 11.6 Å². The van der Waals surface area contributed by atoms with Gasteiger partial charge in [0.1, 0.15) is 5.82 Å². The Labute approximate surface area is 88.5 Å². The summed E-state index contributed by atoms with van der Waals surface area (Å²) < 4.78 is 2.10. The van der Waals surface area contributed by atoms with Crippen LogP contribution in [0, 0.1) is 6.92 Å². The highest BCUT2D eigenvalue weighted by atomic mass is 35.5. The Balaban J connectivity index is 2.58. The molecular formula is C11H13ClN2. The van der Waals surface area contributed by atoms with Crippen LogP contribution in [0.1, 0.15) is 11.4 Å². The molecule has 0 radical (unpaired) electrons. The van der Waals surface area contributed by atoms with Gasteiger partial charge in [-0.25, -0.2) is 4.98 Å². The zero-order chi connectivity index (χ0) is 10.1. The highest BCUT2D eigenvalue weighted by Crippen LogP contribution is 2.16. The number of imidazole rings is 1. The Bertz CT molecular complexity index is 460. The maximum absolute atomic E-state index is 5.71. The molecule has 2 aromatic rings. The first kappa shape index (κ1) is 9.53. The molecule has 1 heterocycles. The third-order valence-corrected chi connectivity index (χ3v) is 2.74. The summed E-state index contributed by atoms with van der Waals surface area (Å²) in [6, 6.07) is 6.32. The second-order valence-electron chi connectivity index (χ2n) is 3.48. The van der Waals surface area contributed by atoms with Gasteiger partial charge in [-0.3, -0.25) is 0 Å². The second kappa shape index (κ2) is 3.62. The van der Waals surface area contributed by atoms with E-state index in [0.29, 0.717) is 5.88 Å². The predicted octanol–water partition coefficient (Wildman–Crippen LogP) is 2.66. The van der Waals surface area contributed by atoms with E-state index in [1.165, 1.54) is 11.1 Å². The fourth-order valence-electron chi connectivity index (χ4n) is 1.62. The summed E-state index contributed by atoms with van der Waals surface area (Å²) in [5.74, 6) is 1.71. The van der Waals surface area contributed by atoms with Gasteiger partial charge in [0.25, 0.3) is 0 Å². The van der Waals surface area contributed by atoms with Crippen molar-refractivity contribution in [1.29, 1.82) is 0 Å². The van der Waals surface area contributed by atoms with Gasteiger partial charge in [-0.1, -0.05) is 6.07 Å². The van der Waals surface area contributed by atoms with Gasteiger partial charge < -0.3 is 4.57 Å². The first-order chi connectivity index (χ1) is 6.72. The third-order valence-electron chi connectivity index (χ3n) is 2.55. The molecule has 14 heavy (non-hydrogen) atoms. The minimum atomic E-state index is 0.669. The second-order valence-corrected chi connectivity index (χ2v) is 3.86. The Hall–Kier alpha value is -1.02. The van der Waals surface area contributed by atoms with Crippen LogP contribution in [0.3, 0.4) is 0 Å². The lowest BCUT2D eigenvalue weighted by Gasteiger charge is -1.99. The Morgan fingerprint density at radius 3 is 2.93 bits per heavy atom. The normalized spacial score (nSPS) is 11.1. The van der Waals surface area contributed by atoms with Gasteiger partial charge in [0.05, 0.1) is 11.0 Å². The Morgan fingerprint density at radius 1 is 1.43 bits per heavy atom. The molecule has 0 fully saturated rings. The van der Waals surface area contributed by atoms with Gasteiger partial charge in [-0.2, -0.15) is 0 Å². The highest BCUT2D eigenvalue weighted by molar-refractivity contribution is 6.18. The molecule has 0 spiro atoms. The number of benzene rings is 1. The molecule has 0 aliphatic carbocycles. The fraction of sp³-hybridized carbons (Fsp3) is 0.364. The van der Waals surface area contributed by atoms with Gasteiger partial charge in [0.2, 0.25) is 0 Å². The molecule has 0 N–H and O–H groups in total. The molecule has 0 atom stereocenters. The maximum Gasteiger partial charge on any atom is 0.106 e. The molecular weight excluding hydrogens is 196 g/mol. The molecule has 2 nitrogen and oxygen atoms in total. The van der Waals surface area contributed by atoms with E-state index in [2.05, 4.69) is 27.8 Å².